The second-order valence-electron chi connectivity index (χ2n) is 18.1. The Balaban J connectivity index is 1.06. The van der Waals surface area contributed by atoms with Gasteiger partial charge in [-0.2, -0.15) is 0 Å². The summed E-state index contributed by atoms with van der Waals surface area (Å²) >= 11 is 3.59. The van der Waals surface area contributed by atoms with Gasteiger partial charge in [0.1, 0.15) is 11.4 Å². The Morgan fingerprint density at radius 1 is 0.276 bits per heavy atom. The van der Waals surface area contributed by atoms with E-state index in [1.807, 2.05) is 85.1 Å². The molecule has 0 amide bonds. The van der Waals surface area contributed by atoms with E-state index in [4.69, 9.17) is 34.9 Å². The van der Waals surface area contributed by atoms with Crippen molar-refractivity contribution in [2.24, 2.45) is 0 Å². The van der Waals surface area contributed by atoms with Crippen molar-refractivity contribution in [2.45, 2.75) is 19.6 Å². The Morgan fingerprint density at radius 2 is 0.671 bits per heavy atom. The standard InChI is InChI=1S/C64H40N10S2/c1-5-24-59-55(20-1)73(56-21-2-6-25-60(56)75-59)46-35-43(36-47(37-46)74-57-22-3-7-26-61(57)76-62-27-8-4-23-58(62)74)42-32-44(52-38-51(41-16-15-28-65-40-41)69-63(70-52)49-18-10-13-30-67-49)34-45(33-42)53-39-54(48-17-9-12-29-66-48)72-64(71-53)50-19-11-14-31-68-50/h1-40H. The van der Waals surface area contributed by atoms with Gasteiger partial charge in [0.15, 0.2) is 11.6 Å². The first-order chi connectivity index (χ1) is 37.6. The van der Waals surface area contributed by atoms with Crippen LogP contribution in [0.2, 0.25) is 0 Å². The third kappa shape index (κ3) is 8.50. The summed E-state index contributed by atoms with van der Waals surface area (Å²) < 4.78 is 0. The molecule has 14 rings (SSSR count). The summed E-state index contributed by atoms with van der Waals surface area (Å²) in [5.74, 6) is 0.972. The van der Waals surface area contributed by atoms with E-state index >= 15 is 0 Å². The molecule has 0 unspecified atom stereocenters. The maximum absolute atomic E-state index is 5.31. The molecule has 358 valence electrons. The molecule has 0 atom stereocenters. The lowest BCUT2D eigenvalue weighted by molar-refractivity contribution is 1.13. The fourth-order valence-corrected chi connectivity index (χ4v) is 11.9. The van der Waals surface area contributed by atoms with Gasteiger partial charge in [-0.25, -0.2) is 19.9 Å². The molecule has 0 saturated heterocycles. The molecule has 0 bridgehead atoms. The van der Waals surface area contributed by atoms with Gasteiger partial charge in [-0.05, 0) is 157 Å². The minimum atomic E-state index is 0.480. The van der Waals surface area contributed by atoms with E-state index in [9.17, 15) is 0 Å². The SMILES string of the molecule is c1ccc(-c2cc(-c3cc(-c4cc(N5c6ccccc6Sc6ccccc65)cc(N5c6ccccc6Sc6ccccc65)c4)cc(-c4cc(-c5cccnc5)nc(-c5ccccn5)n4)c3)nc(-c3ccccn3)n2)nc1. The van der Waals surface area contributed by atoms with Crippen molar-refractivity contribution < 1.29 is 0 Å². The average molecular weight is 1010 g/mol. The molecule has 2 aliphatic heterocycles. The number of para-hydroxylation sites is 4. The smallest absolute Gasteiger partial charge is 0.179 e. The van der Waals surface area contributed by atoms with Gasteiger partial charge in [0.2, 0.25) is 0 Å². The van der Waals surface area contributed by atoms with Gasteiger partial charge in [-0.15, -0.1) is 0 Å². The van der Waals surface area contributed by atoms with E-state index < -0.39 is 0 Å². The van der Waals surface area contributed by atoms with E-state index in [1.165, 1.54) is 19.6 Å². The van der Waals surface area contributed by atoms with Gasteiger partial charge in [0.25, 0.3) is 0 Å². The highest BCUT2D eigenvalue weighted by atomic mass is 32.2. The van der Waals surface area contributed by atoms with Crippen molar-refractivity contribution in [2.75, 3.05) is 9.80 Å². The highest BCUT2D eigenvalue weighted by Crippen LogP contribution is 2.55. The summed E-state index contributed by atoms with van der Waals surface area (Å²) in [4.78, 5) is 48.9. The van der Waals surface area contributed by atoms with Gasteiger partial charge < -0.3 is 9.80 Å². The van der Waals surface area contributed by atoms with Crippen molar-refractivity contribution in [3.63, 3.8) is 0 Å². The maximum atomic E-state index is 5.31. The van der Waals surface area contributed by atoms with Gasteiger partial charge in [-0.3, -0.25) is 19.9 Å². The molecule has 0 N–H and O–H groups in total. The van der Waals surface area contributed by atoms with Crippen LogP contribution in [-0.2, 0) is 0 Å². The number of benzene rings is 6. The average Bonchev–Trinajstić information content (AvgIpc) is 3.56. The van der Waals surface area contributed by atoms with Crippen molar-refractivity contribution in [3.05, 3.63) is 243 Å². The Morgan fingerprint density at radius 3 is 1.12 bits per heavy atom. The molecule has 6 aromatic heterocycles. The van der Waals surface area contributed by atoms with Crippen molar-refractivity contribution in [3.8, 4) is 79.3 Å². The first-order valence-corrected chi connectivity index (χ1v) is 26.3. The number of hydrogen-bond donors (Lipinski definition) is 0. The number of pyridine rings is 4. The molecule has 0 spiro atoms. The summed E-state index contributed by atoms with van der Waals surface area (Å²) in [6, 6.07) is 73.6. The lowest BCUT2D eigenvalue weighted by Gasteiger charge is -2.36. The number of hydrogen-bond acceptors (Lipinski definition) is 12. The molecule has 12 heteroatoms. The van der Waals surface area contributed by atoms with E-state index in [0.717, 1.165) is 67.6 Å². The topological polar surface area (TPSA) is 110 Å². The predicted molar refractivity (Wildman–Crippen MR) is 304 cm³/mol. The Kier molecular flexibility index (Phi) is 11.5. The monoisotopic (exact) mass is 1010 g/mol. The van der Waals surface area contributed by atoms with E-state index in [1.54, 1.807) is 48.3 Å². The Hall–Kier alpha value is -9.62. The summed E-state index contributed by atoms with van der Waals surface area (Å²) in [6.07, 6.45) is 8.90. The van der Waals surface area contributed by atoms with E-state index in [2.05, 4.69) is 148 Å². The zero-order valence-electron chi connectivity index (χ0n) is 40.4. The molecule has 0 radical (unpaired) electrons. The molecular weight excluding hydrogens is 973 g/mol. The molecule has 6 aromatic carbocycles. The van der Waals surface area contributed by atoms with Crippen LogP contribution in [0.3, 0.4) is 0 Å². The summed E-state index contributed by atoms with van der Waals surface area (Å²) in [6.45, 7) is 0. The molecular formula is C64H40N10S2. The Bertz CT molecular complexity index is 3680. The number of fused-ring (bicyclic) bond motifs is 4. The highest BCUT2D eigenvalue weighted by Gasteiger charge is 2.29. The number of rotatable bonds is 9. The van der Waals surface area contributed by atoms with Crippen LogP contribution in [-0.4, -0.2) is 39.9 Å². The van der Waals surface area contributed by atoms with Gasteiger partial charge in [0.05, 0.1) is 51.2 Å². The second-order valence-corrected chi connectivity index (χ2v) is 20.3. The van der Waals surface area contributed by atoms with Crippen LogP contribution >= 0.6 is 23.5 Å². The number of aromatic nitrogens is 8. The van der Waals surface area contributed by atoms with Gasteiger partial charge in [-0.1, -0.05) is 90.3 Å². The zero-order chi connectivity index (χ0) is 50.4. The number of nitrogens with zero attached hydrogens (tertiary/aromatic N) is 10. The van der Waals surface area contributed by atoms with Crippen molar-refractivity contribution >= 4 is 57.6 Å². The largest absolute Gasteiger partial charge is 0.308 e. The predicted octanol–water partition coefficient (Wildman–Crippen LogP) is 16.4. The van der Waals surface area contributed by atoms with Gasteiger partial charge >= 0.3 is 0 Å². The quantitative estimate of drug-likeness (QED) is 0.137. The third-order valence-electron chi connectivity index (χ3n) is 13.3. The van der Waals surface area contributed by atoms with Crippen molar-refractivity contribution in [1.82, 2.24) is 39.9 Å². The van der Waals surface area contributed by atoms with Crippen LogP contribution in [0.4, 0.5) is 34.1 Å². The molecule has 0 saturated carbocycles. The maximum Gasteiger partial charge on any atom is 0.179 e. The molecule has 12 aromatic rings. The van der Waals surface area contributed by atoms with Crippen LogP contribution in [0, 0.1) is 0 Å². The molecule has 0 fully saturated rings. The fraction of sp³-hybridized carbons (Fsp3) is 0. The van der Waals surface area contributed by atoms with Crippen LogP contribution in [0.1, 0.15) is 0 Å². The van der Waals surface area contributed by atoms with Crippen LogP contribution in [0.15, 0.2) is 263 Å². The molecule has 0 aliphatic carbocycles. The lowest BCUT2D eigenvalue weighted by atomic mass is 9.94. The molecule has 76 heavy (non-hydrogen) atoms. The first kappa shape index (κ1) is 45.0. The van der Waals surface area contributed by atoms with Crippen LogP contribution in [0.5, 0.6) is 0 Å². The van der Waals surface area contributed by atoms with E-state index in [-0.39, 0.29) is 0 Å². The molecule has 8 heterocycles. The van der Waals surface area contributed by atoms with Gasteiger partial charge in [0, 0.05) is 78.6 Å². The highest BCUT2D eigenvalue weighted by molar-refractivity contribution is 8.00. The third-order valence-corrected chi connectivity index (χ3v) is 15.5. The minimum Gasteiger partial charge on any atom is -0.308 e. The summed E-state index contributed by atoms with van der Waals surface area (Å²) in [5, 5.41) is 0. The molecule has 2 aliphatic rings. The Labute approximate surface area is 447 Å². The zero-order valence-corrected chi connectivity index (χ0v) is 42.0. The molecule has 10 nitrogen and oxygen atoms in total. The second kappa shape index (κ2) is 19.3. The minimum absolute atomic E-state index is 0.480. The van der Waals surface area contributed by atoms with Crippen LogP contribution < -0.4 is 9.80 Å². The summed E-state index contributed by atoms with van der Waals surface area (Å²) in [7, 11) is 0. The van der Waals surface area contributed by atoms with Crippen LogP contribution in [0.25, 0.3) is 79.3 Å². The summed E-state index contributed by atoms with van der Waals surface area (Å²) in [5.41, 5.74) is 15.7. The normalized spacial score (nSPS) is 12.3. The van der Waals surface area contributed by atoms with E-state index in [0.29, 0.717) is 45.8 Å². The fourth-order valence-electron chi connectivity index (χ4n) is 9.79. The number of anilines is 6. The van der Waals surface area contributed by atoms with Crippen molar-refractivity contribution in [1.29, 1.82) is 0 Å². The first-order valence-electron chi connectivity index (χ1n) is 24.7. The lowest BCUT2D eigenvalue weighted by Crippen LogP contribution is -2.17.